The second-order valence-electron chi connectivity index (χ2n) is 4.28. The van der Waals surface area contributed by atoms with Crippen LogP contribution in [0.3, 0.4) is 0 Å². The molecule has 0 spiro atoms. The van der Waals surface area contributed by atoms with Crippen molar-refractivity contribution in [3.63, 3.8) is 0 Å². The maximum Gasteiger partial charge on any atom is 0.276 e. The Bertz CT molecular complexity index is 674. The van der Waals surface area contributed by atoms with E-state index in [4.69, 9.17) is 16.3 Å². The highest BCUT2D eigenvalue weighted by Gasteiger charge is 2.10. The average molecular weight is 319 g/mol. The summed E-state index contributed by atoms with van der Waals surface area (Å²) in [6.07, 6.45) is 1.70. The number of halogens is 1. The van der Waals surface area contributed by atoms with Crippen LogP contribution in [0.5, 0.6) is 5.75 Å². The molecule has 2 aromatic rings. The van der Waals surface area contributed by atoms with Crippen LogP contribution in [0.15, 0.2) is 43.0 Å². The van der Waals surface area contributed by atoms with Gasteiger partial charge in [0.25, 0.3) is 5.91 Å². The molecule has 0 aliphatic rings. The second-order valence-corrected chi connectivity index (χ2v) is 4.68. The van der Waals surface area contributed by atoms with E-state index in [9.17, 15) is 4.79 Å². The lowest BCUT2D eigenvalue weighted by Gasteiger charge is -2.08. The highest BCUT2D eigenvalue weighted by molar-refractivity contribution is 6.32. The topological polar surface area (TPSA) is 76.1 Å². The van der Waals surface area contributed by atoms with E-state index in [-0.39, 0.29) is 11.6 Å². The van der Waals surface area contributed by atoms with Crippen molar-refractivity contribution in [3.05, 3.63) is 53.7 Å². The molecule has 0 saturated heterocycles. The van der Waals surface area contributed by atoms with E-state index in [0.717, 1.165) is 0 Å². The summed E-state index contributed by atoms with van der Waals surface area (Å²) in [4.78, 5) is 12.1. The number of ether oxygens (including phenoxy) is 1. The quantitative estimate of drug-likeness (QED) is 0.801. The van der Waals surface area contributed by atoms with Gasteiger partial charge in [-0.25, -0.2) is 0 Å². The first-order chi connectivity index (χ1) is 10.6. The van der Waals surface area contributed by atoms with Crippen molar-refractivity contribution in [2.45, 2.75) is 0 Å². The van der Waals surface area contributed by atoms with Gasteiger partial charge in [0.2, 0.25) is 0 Å². The van der Waals surface area contributed by atoms with Crippen LogP contribution in [-0.4, -0.2) is 29.8 Å². The SMILES string of the molecule is C=CCNc1ccc(C(=O)Nc2ccc(OC)c(Cl)c2)nn1. The van der Waals surface area contributed by atoms with Crippen molar-refractivity contribution < 1.29 is 9.53 Å². The van der Waals surface area contributed by atoms with E-state index in [2.05, 4.69) is 27.4 Å². The molecule has 0 unspecified atom stereocenters. The van der Waals surface area contributed by atoms with Gasteiger partial charge < -0.3 is 15.4 Å². The van der Waals surface area contributed by atoms with Crippen LogP contribution in [0.25, 0.3) is 0 Å². The minimum atomic E-state index is -0.371. The van der Waals surface area contributed by atoms with Gasteiger partial charge in [0.1, 0.15) is 11.6 Å². The number of carbonyl (C=O) groups excluding carboxylic acids is 1. The summed E-state index contributed by atoms with van der Waals surface area (Å²) in [6.45, 7) is 4.17. The predicted molar refractivity (Wildman–Crippen MR) is 86.7 cm³/mol. The van der Waals surface area contributed by atoms with Gasteiger partial charge in [0.15, 0.2) is 5.69 Å². The smallest absolute Gasteiger partial charge is 0.276 e. The van der Waals surface area contributed by atoms with Gasteiger partial charge in [-0.05, 0) is 30.3 Å². The Morgan fingerprint density at radius 3 is 2.77 bits per heavy atom. The number of hydrogen-bond acceptors (Lipinski definition) is 5. The van der Waals surface area contributed by atoms with Crippen LogP contribution in [0.2, 0.25) is 5.02 Å². The molecular formula is C15H15ClN4O2. The van der Waals surface area contributed by atoms with Gasteiger partial charge in [-0.1, -0.05) is 17.7 Å². The van der Waals surface area contributed by atoms with E-state index < -0.39 is 0 Å². The van der Waals surface area contributed by atoms with Crippen LogP contribution < -0.4 is 15.4 Å². The Kier molecular flexibility index (Phi) is 5.32. The zero-order valence-corrected chi connectivity index (χ0v) is 12.7. The molecule has 7 heteroatoms. The van der Waals surface area contributed by atoms with Crippen molar-refractivity contribution in [2.75, 3.05) is 24.3 Å². The molecule has 0 saturated carbocycles. The number of nitrogens with one attached hydrogen (secondary N) is 2. The van der Waals surface area contributed by atoms with E-state index in [1.54, 1.807) is 36.4 Å². The summed E-state index contributed by atoms with van der Waals surface area (Å²) in [6, 6.07) is 8.22. The molecule has 2 N–H and O–H groups in total. The lowest BCUT2D eigenvalue weighted by Crippen LogP contribution is -2.15. The highest BCUT2D eigenvalue weighted by atomic mass is 35.5. The standard InChI is InChI=1S/C15H15ClN4O2/c1-3-8-17-14-7-5-12(19-20-14)15(21)18-10-4-6-13(22-2)11(16)9-10/h3-7,9H,1,8H2,2H3,(H,17,20)(H,18,21). The summed E-state index contributed by atoms with van der Waals surface area (Å²) in [5.74, 6) is 0.741. The number of rotatable bonds is 6. The molecule has 0 atom stereocenters. The van der Waals surface area contributed by atoms with E-state index in [0.29, 0.717) is 28.8 Å². The number of amides is 1. The summed E-state index contributed by atoms with van der Waals surface area (Å²) in [5, 5.41) is 13.9. The number of aromatic nitrogens is 2. The van der Waals surface area contributed by atoms with Crippen molar-refractivity contribution in [3.8, 4) is 5.75 Å². The van der Waals surface area contributed by atoms with Gasteiger partial charge in [-0.3, -0.25) is 4.79 Å². The molecule has 22 heavy (non-hydrogen) atoms. The monoisotopic (exact) mass is 318 g/mol. The molecular weight excluding hydrogens is 304 g/mol. The van der Waals surface area contributed by atoms with Gasteiger partial charge in [0.05, 0.1) is 12.1 Å². The second kappa shape index (κ2) is 7.42. The largest absolute Gasteiger partial charge is 0.495 e. The zero-order valence-electron chi connectivity index (χ0n) is 12.0. The molecule has 6 nitrogen and oxygen atoms in total. The summed E-state index contributed by atoms with van der Waals surface area (Å²) in [5.41, 5.74) is 0.752. The Hall–Kier alpha value is -2.60. The third kappa shape index (κ3) is 3.95. The lowest BCUT2D eigenvalue weighted by atomic mass is 10.3. The van der Waals surface area contributed by atoms with Crippen molar-refractivity contribution in [1.29, 1.82) is 0 Å². The van der Waals surface area contributed by atoms with Gasteiger partial charge in [0, 0.05) is 12.2 Å². The molecule has 114 valence electrons. The molecule has 1 aromatic heterocycles. The Morgan fingerprint density at radius 2 is 2.18 bits per heavy atom. The van der Waals surface area contributed by atoms with Crippen LogP contribution in [0.1, 0.15) is 10.5 Å². The molecule has 0 aliphatic carbocycles. The first-order valence-corrected chi connectivity index (χ1v) is 6.85. The maximum atomic E-state index is 12.1. The minimum Gasteiger partial charge on any atom is -0.495 e. The molecule has 0 aliphatic heterocycles. The minimum absolute atomic E-state index is 0.205. The lowest BCUT2D eigenvalue weighted by molar-refractivity contribution is 0.102. The molecule has 1 heterocycles. The molecule has 0 fully saturated rings. The van der Waals surface area contributed by atoms with Crippen LogP contribution >= 0.6 is 11.6 Å². The number of anilines is 2. The fourth-order valence-electron chi connectivity index (χ4n) is 1.66. The molecule has 0 bridgehead atoms. The van der Waals surface area contributed by atoms with Crippen LogP contribution in [-0.2, 0) is 0 Å². The maximum absolute atomic E-state index is 12.1. The molecule has 1 amide bonds. The summed E-state index contributed by atoms with van der Waals surface area (Å²) >= 11 is 6.01. The Labute approximate surface area is 133 Å². The fourth-order valence-corrected chi connectivity index (χ4v) is 1.92. The number of methoxy groups -OCH3 is 1. The molecule has 2 rings (SSSR count). The first-order valence-electron chi connectivity index (χ1n) is 6.47. The Balaban J connectivity index is 2.05. The number of hydrogen-bond donors (Lipinski definition) is 2. The van der Waals surface area contributed by atoms with Crippen molar-refractivity contribution in [2.24, 2.45) is 0 Å². The van der Waals surface area contributed by atoms with E-state index in [1.807, 2.05) is 0 Å². The number of carbonyl (C=O) groups is 1. The van der Waals surface area contributed by atoms with Crippen molar-refractivity contribution in [1.82, 2.24) is 10.2 Å². The first kappa shape index (κ1) is 15.8. The van der Waals surface area contributed by atoms with Crippen molar-refractivity contribution >= 4 is 29.0 Å². The fraction of sp³-hybridized carbons (Fsp3) is 0.133. The summed E-state index contributed by atoms with van der Waals surface area (Å²) < 4.78 is 5.05. The van der Waals surface area contributed by atoms with E-state index >= 15 is 0 Å². The third-order valence-electron chi connectivity index (χ3n) is 2.73. The molecule has 0 radical (unpaired) electrons. The predicted octanol–water partition coefficient (Wildman–Crippen LogP) is 2.99. The van der Waals surface area contributed by atoms with Gasteiger partial charge >= 0.3 is 0 Å². The van der Waals surface area contributed by atoms with Gasteiger partial charge in [-0.15, -0.1) is 16.8 Å². The number of nitrogens with zero attached hydrogens (tertiary/aromatic N) is 2. The average Bonchev–Trinajstić information content (AvgIpc) is 2.53. The van der Waals surface area contributed by atoms with E-state index in [1.165, 1.54) is 7.11 Å². The highest BCUT2D eigenvalue weighted by Crippen LogP contribution is 2.27. The van der Waals surface area contributed by atoms with Gasteiger partial charge in [-0.2, -0.15) is 0 Å². The summed E-state index contributed by atoms with van der Waals surface area (Å²) in [7, 11) is 1.52. The van der Waals surface area contributed by atoms with Crippen LogP contribution in [0, 0.1) is 0 Å². The Morgan fingerprint density at radius 1 is 1.36 bits per heavy atom. The number of benzene rings is 1. The zero-order chi connectivity index (χ0) is 15.9. The molecule has 1 aromatic carbocycles. The van der Waals surface area contributed by atoms with Crippen LogP contribution in [0.4, 0.5) is 11.5 Å². The third-order valence-corrected chi connectivity index (χ3v) is 3.03. The normalized spacial score (nSPS) is 9.91.